The first-order valence-corrected chi connectivity index (χ1v) is 7.29. The molecule has 1 aliphatic heterocycles. The summed E-state index contributed by atoms with van der Waals surface area (Å²) >= 11 is 0. The number of nitrogens with two attached hydrogens (primary N) is 1. The maximum atomic E-state index is 11.9. The highest BCUT2D eigenvalue weighted by Crippen LogP contribution is 2.27. The van der Waals surface area contributed by atoms with Crippen molar-refractivity contribution in [2.75, 3.05) is 17.2 Å². The number of rotatable bonds is 3. The summed E-state index contributed by atoms with van der Waals surface area (Å²) in [6, 6.07) is 0. The summed E-state index contributed by atoms with van der Waals surface area (Å²) in [5, 5.41) is 9.08. The van der Waals surface area contributed by atoms with Crippen LogP contribution in [0, 0.1) is 12.8 Å². The number of carbonyl (C=O) groups is 1. The molecule has 0 saturated carbocycles. The van der Waals surface area contributed by atoms with Gasteiger partial charge in [-0.25, -0.2) is 13.6 Å². The second-order valence-corrected chi connectivity index (χ2v) is 6.30. The monoisotopic (exact) mass is 272 g/mol. The molecule has 0 radical (unpaired) electrons. The first kappa shape index (κ1) is 13.0. The molecule has 8 heteroatoms. The summed E-state index contributed by atoms with van der Waals surface area (Å²) in [6.07, 6.45) is 1.83. The Morgan fingerprint density at radius 2 is 2.22 bits per heavy atom. The van der Waals surface area contributed by atoms with E-state index in [0.29, 0.717) is 6.54 Å². The van der Waals surface area contributed by atoms with Crippen molar-refractivity contribution in [3.05, 3.63) is 11.9 Å². The Hall–Kier alpha value is -1.41. The van der Waals surface area contributed by atoms with Crippen molar-refractivity contribution >= 4 is 21.6 Å². The van der Waals surface area contributed by atoms with Crippen molar-refractivity contribution < 1.29 is 13.2 Å². The minimum Gasteiger partial charge on any atom is -0.309 e. The molecule has 2 heterocycles. The minimum absolute atomic E-state index is 0.0836. The van der Waals surface area contributed by atoms with Crippen molar-refractivity contribution in [3.8, 4) is 0 Å². The molecule has 2 rings (SSSR count). The predicted octanol–water partition coefficient (Wildman–Crippen LogP) is -0.630. The number of carbonyl (C=O) groups excluding carboxylic acids is 1. The number of primary sulfonamides is 1. The highest BCUT2D eigenvalue weighted by molar-refractivity contribution is 7.89. The van der Waals surface area contributed by atoms with E-state index in [2.05, 4.69) is 5.10 Å². The summed E-state index contributed by atoms with van der Waals surface area (Å²) in [5.41, 5.74) is 1.61. The Kier molecular flexibility index (Phi) is 3.16. The molecule has 0 bridgehead atoms. The summed E-state index contributed by atoms with van der Waals surface area (Å²) in [6.45, 7) is 2.24. The fraction of sp³-hybridized carbons (Fsp3) is 0.600. The minimum atomic E-state index is -3.54. The van der Waals surface area contributed by atoms with Crippen LogP contribution < -0.4 is 10.0 Å². The first-order valence-electron chi connectivity index (χ1n) is 5.57. The maximum Gasteiger partial charge on any atom is 0.227 e. The summed E-state index contributed by atoms with van der Waals surface area (Å²) in [7, 11) is -1.75. The fourth-order valence-electron chi connectivity index (χ4n) is 2.21. The number of nitrogens with zero attached hydrogens (tertiary/aromatic N) is 3. The van der Waals surface area contributed by atoms with Crippen LogP contribution in [-0.2, 0) is 21.9 Å². The zero-order valence-corrected chi connectivity index (χ0v) is 11.1. The van der Waals surface area contributed by atoms with Crippen LogP contribution in [-0.4, -0.2) is 36.4 Å². The number of amides is 1. The van der Waals surface area contributed by atoms with Crippen LogP contribution in [0.4, 0.5) is 5.69 Å². The van der Waals surface area contributed by atoms with Gasteiger partial charge in [-0.1, -0.05) is 0 Å². The quantitative estimate of drug-likeness (QED) is 0.792. The number of aryl methyl sites for hydroxylation is 1. The molecule has 100 valence electrons. The van der Waals surface area contributed by atoms with E-state index in [9.17, 15) is 13.2 Å². The van der Waals surface area contributed by atoms with Crippen LogP contribution in [0.25, 0.3) is 0 Å². The van der Waals surface area contributed by atoms with Gasteiger partial charge in [-0.15, -0.1) is 0 Å². The van der Waals surface area contributed by atoms with Gasteiger partial charge < -0.3 is 4.90 Å². The predicted molar refractivity (Wildman–Crippen MR) is 66.4 cm³/mol. The molecule has 1 aromatic heterocycles. The molecule has 0 aliphatic carbocycles. The lowest BCUT2D eigenvalue weighted by molar-refractivity contribution is -0.117. The molecule has 7 nitrogen and oxygen atoms in total. The number of anilines is 1. The SMILES string of the molecule is Cc1c(N2CC(CS(N)(=O)=O)CC2=O)cnn1C. The fourth-order valence-corrected chi connectivity index (χ4v) is 3.09. The van der Waals surface area contributed by atoms with Crippen molar-refractivity contribution in [1.82, 2.24) is 9.78 Å². The molecular formula is C10H16N4O3S. The Morgan fingerprint density at radius 3 is 2.72 bits per heavy atom. The third kappa shape index (κ3) is 2.54. The van der Waals surface area contributed by atoms with Crippen LogP contribution >= 0.6 is 0 Å². The Labute approximate surface area is 106 Å². The van der Waals surface area contributed by atoms with Crippen LogP contribution in [0.15, 0.2) is 6.20 Å². The van der Waals surface area contributed by atoms with Gasteiger partial charge in [0.25, 0.3) is 0 Å². The number of aromatic nitrogens is 2. The van der Waals surface area contributed by atoms with E-state index in [1.807, 2.05) is 6.92 Å². The van der Waals surface area contributed by atoms with Gasteiger partial charge in [-0.3, -0.25) is 9.48 Å². The molecule has 1 fully saturated rings. The Balaban J connectivity index is 2.18. The number of hydrogen-bond acceptors (Lipinski definition) is 4. The summed E-state index contributed by atoms with van der Waals surface area (Å²) in [5.74, 6) is -0.485. The Morgan fingerprint density at radius 1 is 1.56 bits per heavy atom. The van der Waals surface area contributed by atoms with Crippen molar-refractivity contribution in [2.24, 2.45) is 18.1 Å². The van der Waals surface area contributed by atoms with Gasteiger partial charge in [0.05, 0.1) is 23.3 Å². The van der Waals surface area contributed by atoms with Crippen molar-refractivity contribution in [1.29, 1.82) is 0 Å². The highest BCUT2D eigenvalue weighted by Gasteiger charge is 2.34. The second-order valence-electron chi connectivity index (χ2n) is 4.64. The molecule has 18 heavy (non-hydrogen) atoms. The maximum absolute atomic E-state index is 11.9. The van der Waals surface area contributed by atoms with E-state index in [-0.39, 0.29) is 24.0 Å². The summed E-state index contributed by atoms with van der Waals surface area (Å²) in [4.78, 5) is 13.5. The third-order valence-corrected chi connectivity index (χ3v) is 4.11. The van der Waals surface area contributed by atoms with Crippen molar-refractivity contribution in [2.45, 2.75) is 13.3 Å². The standard InChI is InChI=1S/C10H16N4O3S/c1-7-9(4-12-13(7)2)14-5-8(3-10(14)15)6-18(11,16)17/h4,8H,3,5-6H2,1-2H3,(H2,11,16,17). The van der Waals surface area contributed by atoms with Gasteiger partial charge >= 0.3 is 0 Å². The molecule has 1 amide bonds. The van der Waals surface area contributed by atoms with E-state index in [1.54, 1.807) is 22.8 Å². The van der Waals surface area contributed by atoms with Gasteiger partial charge in [0.1, 0.15) is 0 Å². The largest absolute Gasteiger partial charge is 0.309 e. The van der Waals surface area contributed by atoms with E-state index in [1.165, 1.54) is 0 Å². The van der Waals surface area contributed by atoms with Gasteiger partial charge in [0.2, 0.25) is 15.9 Å². The van der Waals surface area contributed by atoms with Crippen LogP contribution in [0.3, 0.4) is 0 Å². The topological polar surface area (TPSA) is 98.3 Å². The molecule has 0 spiro atoms. The van der Waals surface area contributed by atoms with E-state index < -0.39 is 10.0 Å². The lowest BCUT2D eigenvalue weighted by Gasteiger charge is -2.15. The average Bonchev–Trinajstić information content (AvgIpc) is 2.70. The van der Waals surface area contributed by atoms with Gasteiger partial charge in [0, 0.05) is 25.9 Å². The molecule has 0 aromatic carbocycles. The Bertz CT molecular complexity index is 578. The smallest absolute Gasteiger partial charge is 0.227 e. The zero-order valence-electron chi connectivity index (χ0n) is 10.3. The third-order valence-electron chi connectivity index (χ3n) is 3.17. The number of hydrogen-bond donors (Lipinski definition) is 1. The molecule has 1 unspecified atom stereocenters. The van der Waals surface area contributed by atoms with E-state index in [0.717, 1.165) is 11.4 Å². The molecule has 1 aliphatic rings. The van der Waals surface area contributed by atoms with Gasteiger partial charge in [-0.2, -0.15) is 5.10 Å². The first-order chi connectivity index (χ1) is 8.28. The van der Waals surface area contributed by atoms with E-state index >= 15 is 0 Å². The lowest BCUT2D eigenvalue weighted by Crippen LogP contribution is -2.27. The highest BCUT2D eigenvalue weighted by atomic mass is 32.2. The normalized spacial score (nSPS) is 20.7. The summed E-state index contributed by atoms with van der Waals surface area (Å²) < 4.78 is 23.8. The van der Waals surface area contributed by atoms with Crippen LogP contribution in [0.1, 0.15) is 12.1 Å². The van der Waals surface area contributed by atoms with Crippen LogP contribution in [0.2, 0.25) is 0 Å². The van der Waals surface area contributed by atoms with Gasteiger partial charge in [0.15, 0.2) is 0 Å². The van der Waals surface area contributed by atoms with Crippen LogP contribution in [0.5, 0.6) is 0 Å². The molecule has 1 aromatic rings. The van der Waals surface area contributed by atoms with E-state index in [4.69, 9.17) is 5.14 Å². The molecule has 1 atom stereocenters. The molecule has 2 N–H and O–H groups in total. The number of sulfonamides is 1. The van der Waals surface area contributed by atoms with Crippen molar-refractivity contribution in [3.63, 3.8) is 0 Å². The lowest BCUT2D eigenvalue weighted by atomic mass is 10.1. The molecular weight excluding hydrogens is 256 g/mol. The average molecular weight is 272 g/mol. The zero-order chi connectivity index (χ0) is 13.5. The molecule has 1 saturated heterocycles. The second kappa shape index (κ2) is 4.36. The van der Waals surface area contributed by atoms with Gasteiger partial charge in [-0.05, 0) is 6.92 Å².